The van der Waals surface area contributed by atoms with Gasteiger partial charge in [0.05, 0.1) is 12.5 Å². The minimum absolute atomic E-state index is 0.0529. The number of rotatable bonds is 8. The molecule has 2 atom stereocenters. The number of carbonyl (C=O) groups is 1. The number of halogens is 1. The van der Waals surface area contributed by atoms with Crippen molar-refractivity contribution in [2.24, 2.45) is 11.8 Å². The quantitative estimate of drug-likeness (QED) is 0.474. The van der Waals surface area contributed by atoms with Crippen LogP contribution in [0.1, 0.15) is 46.5 Å². The summed E-state index contributed by atoms with van der Waals surface area (Å²) in [4.78, 5) is 11.6. The molecular weight excluding hydrogens is 212 g/mol. The summed E-state index contributed by atoms with van der Waals surface area (Å²) in [5.74, 6) is 0.814. The molecule has 0 radical (unpaired) electrons. The van der Waals surface area contributed by atoms with Gasteiger partial charge in [-0.3, -0.25) is 4.79 Å². The van der Waals surface area contributed by atoms with E-state index >= 15 is 0 Å². The van der Waals surface area contributed by atoms with Crippen LogP contribution in [0.3, 0.4) is 0 Å². The van der Waals surface area contributed by atoms with Crippen molar-refractivity contribution in [3.63, 3.8) is 0 Å². The molecule has 15 heavy (non-hydrogen) atoms. The Morgan fingerprint density at radius 3 is 2.53 bits per heavy atom. The van der Waals surface area contributed by atoms with Crippen molar-refractivity contribution in [1.82, 2.24) is 0 Å². The van der Waals surface area contributed by atoms with Crippen LogP contribution in [0.2, 0.25) is 0 Å². The Bertz CT molecular complexity index is 171. The molecule has 0 aliphatic carbocycles. The fraction of sp³-hybridized carbons (Fsp3) is 0.917. The van der Waals surface area contributed by atoms with Crippen LogP contribution in [0.25, 0.3) is 0 Å². The monoisotopic (exact) mass is 234 g/mol. The summed E-state index contributed by atoms with van der Waals surface area (Å²) in [6, 6.07) is 0. The Morgan fingerprint density at radius 2 is 2.07 bits per heavy atom. The second-order valence-corrected chi connectivity index (χ2v) is 4.45. The number of hydrogen-bond donors (Lipinski definition) is 0. The summed E-state index contributed by atoms with van der Waals surface area (Å²) >= 11 is 5.64. The summed E-state index contributed by atoms with van der Waals surface area (Å²) < 4.78 is 5.22. The standard InChI is InChI=1S/C12H23ClO2/c1-4-6-7-11(5-2)12(14)15-9-10(3)8-13/h10-11H,4-9H2,1-3H3. The van der Waals surface area contributed by atoms with E-state index in [9.17, 15) is 4.79 Å². The van der Waals surface area contributed by atoms with E-state index in [0.717, 1.165) is 25.7 Å². The van der Waals surface area contributed by atoms with E-state index in [1.54, 1.807) is 0 Å². The molecule has 2 nitrogen and oxygen atoms in total. The Morgan fingerprint density at radius 1 is 1.40 bits per heavy atom. The van der Waals surface area contributed by atoms with Gasteiger partial charge in [-0.05, 0) is 12.8 Å². The van der Waals surface area contributed by atoms with Gasteiger partial charge < -0.3 is 4.74 Å². The maximum Gasteiger partial charge on any atom is 0.308 e. The molecule has 0 bridgehead atoms. The summed E-state index contributed by atoms with van der Waals surface area (Å²) in [6.45, 7) is 6.60. The van der Waals surface area contributed by atoms with Crippen molar-refractivity contribution >= 4 is 17.6 Å². The number of carbonyl (C=O) groups excluding carboxylic acids is 1. The van der Waals surface area contributed by atoms with Crippen LogP contribution in [0, 0.1) is 11.8 Å². The van der Waals surface area contributed by atoms with Gasteiger partial charge in [0.2, 0.25) is 0 Å². The predicted molar refractivity (Wildman–Crippen MR) is 64.1 cm³/mol. The molecule has 0 aromatic rings. The largest absolute Gasteiger partial charge is 0.465 e. The van der Waals surface area contributed by atoms with E-state index in [-0.39, 0.29) is 17.8 Å². The summed E-state index contributed by atoms with van der Waals surface area (Å²) in [5.41, 5.74) is 0. The van der Waals surface area contributed by atoms with Gasteiger partial charge in [0.25, 0.3) is 0 Å². The lowest BCUT2D eigenvalue weighted by atomic mass is 10.00. The second kappa shape index (κ2) is 9.02. The Labute approximate surface area is 98.3 Å². The van der Waals surface area contributed by atoms with Crippen LogP contribution in [-0.2, 0) is 9.53 Å². The maximum atomic E-state index is 11.6. The van der Waals surface area contributed by atoms with Crippen molar-refractivity contribution in [2.45, 2.75) is 46.5 Å². The molecule has 0 N–H and O–H groups in total. The Kier molecular flexibility index (Phi) is 8.88. The fourth-order valence-corrected chi connectivity index (χ4v) is 1.42. The van der Waals surface area contributed by atoms with Crippen LogP contribution in [0.4, 0.5) is 0 Å². The highest BCUT2D eigenvalue weighted by atomic mass is 35.5. The molecule has 0 saturated carbocycles. The first-order chi connectivity index (χ1) is 7.15. The van der Waals surface area contributed by atoms with E-state index in [4.69, 9.17) is 16.3 Å². The molecule has 3 heteroatoms. The summed E-state index contributed by atoms with van der Waals surface area (Å²) in [6.07, 6.45) is 4.04. The van der Waals surface area contributed by atoms with Crippen LogP contribution in [0.15, 0.2) is 0 Å². The molecule has 0 fully saturated rings. The fourth-order valence-electron chi connectivity index (χ4n) is 1.33. The summed E-state index contributed by atoms with van der Waals surface area (Å²) in [7, 11) is 0. The number of ether oxygens (including phenoxy) is 1. The van der Waals surface area contributed by atoms with Gasteiger partial charge >= 0.3 is 5.97 Å². The van der Waals surface area contributed by atoms with Gasteiger partial charge in [-0.1, -0.05) is 33.6 Å². The lowest BCUT2D eigenvalue weighted by Crippen LogP contribution is -2.20. The molecule has 0 amide bonds. The molecule has 0 saturated heterocycles. The second-order valence-electron chi connectivity index (χ2n) is 4.14. The molecule has 0 aromatic carbocycles. The average Bonchev–Trinajstić information content (AvgIpc) is 2.26. The number of unbranched alkanes of at least 4 members (excludes halogenated alkanes) is 1. The van der Waals surface area contributed by atoms with Gasteiger partial charge in [-0.15, -0.1) is 11.6 Å². The lowest BCUT2D eigenvalue weighted by Gasteiger charge is -2.15. The average molecular weight is 235 g/mol. The minimum atomic E-state index is -0.0529. The van der Waals surface area contributed by atoms with Gasteiger partial charge in [0.15, 0.2) is 0 Å². The number of esters is 1. The number of hydrogen-bond acceptors (Lipinski definition) is 2. The maximum absolute atomic E-state index is 11.6. The van der Waals surface area contributed by atoms with Crippen molar-refractivity contribution < 1.29 is 9.53 Å². The van der Waals surface area contributed by atoms with Crippen LogP contribution in [-0.4, -0.2) is 18.5 Å². The third-order valence-corrected chi connectivity index (χ3v) is 3.03. The summed E-state index contributed by atoms with van der Waals surface area (Å²) in [5, 5.41) is 0. The normalized spacial score (nSPS) is 14.7. The van der Waals surface area contributed by atoms with Crippen molar-refractivity contribution in [3.05, 3.63) is 0 Å². The van der Waals surface area contributed by atoms with Crippen molar-refractivity contribution in [2.75, 3.05) is 12.5 Å². The van der Waals surface area contributed by atoms with Gasteiger partial charge in [-0.25, -0.2) is 0 Å². The van der Waals surface area contributed by atoms with E-state index in [1.165, 1.54) is 0 Å². The molecule has 0 aliphatic rings. The Balaban J connectivity index is 3.82. The molecular formula is C12H23ClO2. The third kappa shape index (κ3) is 6.77. The first-order valence-corrected chi connectivity index (χ1v) is 6.41. The Hall–Kier alpha value is -0.240. The molecule has 2 unspecified atom stereocenters. The number of alkyl halides is 1. The molecule has 0 aromatic heterocycles. The highest BCUT2D eigenvalue weighted by Gasteiger charge is 2.17. The third-order valence-electron chi connectivity index (χ3n) is 2.51. The van der Waals surface area contributed by atoms with E-state index in [2.05, 4.69) is 6.92 Å². The van der Waals surface area contributed by atoms with Crippen LogP contribution < -0.4 is 0 Å². The van der Waals surface area contributed by atoms with Crippen molar-refractivity contribution in [1.29, 1.82) is 0 Å². The molecule has 0 heterocycles. The first kappa shape index (κ1) is 14.8. The van der Waals surface area contributed by atoms with Gasteiger partial charge in [-0.2, -0.15) is 0 Å². The topological polar surface area (TPSA) is 26.3 Å². The van der Waals surface area contributed by atoms with E-state index in [1.807, 2.05) is 13.8 Å². The molecule has 0 rings (SSSR count). The van der Waals surface area contributed by atoms with E-state index in [0.29, 0.717) is 12.5 Å². The smallest absolute Gasteiger partial charge is 0.308 e. The first-order valence-electron chi connectivity index (χ1n) is 5.88. The zero-order valence-corrected chi connectivity index (χ0v) is 10.8. The van der Waals surface area contributed by atoms with Gasteiger partial charge in [0, 0.05) is 11.8 Å². The SMILES string of the molecule is CCCCC(CC)C(=O)OCC(C)CCl. The zero-order valence-electron chi connectivity index (χ0n) is 10.1. The minimum Gasteiger partial charge on any atom is -0.465 e. The van der Waals surface area contributed by atoms with E-state index < -0.39 is 0 Å². The molecule has 90 valence electrons. The molecule has 0 aliphatic heterocycles. The van der Waals surface area contributed by atoms with Crippen molar-refractivity contribution in [3.8, 4) is 0 Å². The zero-order chi connectivity index (χ0) is 11.7. The lowest BCUT2D eigenvalue weighted by molar-refractivity contribution is -0.150. The highest BCUT2D eigenvalue weighted by Crippen LogP contribution is 2.15. The highest BCUT2D eigenvalue weighted by molar-refractivity contribution is 6.18. The molecule has 0 spiro atoms. The van der Waals surface area contributed by atoms with Crippen LogP contribution in [0.5, 0.6) is 0 Å². The predicted octanol–water partition coefficient (Wildman–Crippen LogP) is 3.62. The van der Waals surface area contributed by atoms with Gasteiger partial charge in [0.1, 0.15) is 0 Å². The van der Waals surface area contributed by atoms with Crippen LogP contribution >= 0.6 is 11.6 Å².